The molecule has 3 saturated carbocycles. The first kappa shape index (κ1) is 15.4. The highest BCUT2D eigenvalue weighted by Gasteiger charge is 2.74. The van der Waals surface area contributed by atoms with E-state index in [0.29, 0.717) is 22.9 Å². The van der Waals surface area contributed by atoms with E-state index >= 15 is 0 Å². The largest absolute Gasteiger partial charge is 0.344 e. The lowest BCUT2D eigenvalue weighted by Gasteiger charge is -2.47. The molecule has 0 aromatic carbocycles. The van der Waals surface area contributed by atoms with Gasteiger partial charge in [-0.1, -0.05) is 34.1 Å². The zero-order chi connectivity index (χ0) is 16.0. The van der Waals surface area contributed by atoms with Crippen molar-refractivity contribution >= 4 is 0 Å². The Morgan fingerprint density at radius 1 is 1.00 bits per heavy atom. The number of hydrogen-bond donors (Lipinski definition) is 0. The molecule has 2 heteroatoms. The minimum atomic E-state index is -0.358. The van der Waals surface area contributed by atoms with E-state index in [-0.39, 0.29) is 11.4 Å². The van der Waals surface area contributed by atoms with Gasteiger partial charge in [0.15, 0.2) is 5.79 Å². The Hall–Kier alpha value is -0.0800. The number of hydrogen-bond acceptors (Lipinski definition) is 2. The molecule has 4 rings (SSSR count). The van der Waals surface area contributed by atoms with Crippen LogP contribution in [-0.4, -0.2) is 17.5 Å². The summed E-state index contributed by atoms with van der Waals surface area (Å²) in [5.74, 6) is 2.01. The predicted octanol–water partition coefficient (Wildman–Crippen LogP) is 5.16. The van der Waals surface area contributed by atoms with Gasteiger partial charge in [0.05, 0.1) is 11.7 Å². The van der Waals surface area contributed by atoms with E-state index in [2.05, 4.69) is 41.5 Å². The van der Waals surface area contributed by atoms with Crippen molar-refractivity contribution in [1.29, 1.82) is 0 Å². The fraction of sp³-hybridized carbons (Fsp3) is 1.00. The molecule has 1 heterocycles. The third-order valence-corrected chi connectivity index (χ3v) is 8.37. The van der Waals surface area contributed by atoms with Crippen LogP contribution >= 0.6 is 0 Å². The highest BCUT2D eigenvalue weighted by molar-refractivity contribution is 5.21. The van der Waals surface area contributed by atoms with Gasteiger partial charge >= 0.3 is 0 Å². The number of ether oxygens (including phenoxy) is 2. The fourth-order valence-corrected chi connectivity index (χ4v) is 7.47. The first-order valence-corrected chi connectivity index (χ1v) is 9.56. The Bertz CT molecular complexity index is 486. The first-order valence-electron chi connectivity index (χ1n) is 9.56. The maximum atomic E-state index is 6.72. The van der Waals surface area contributed by atoms with Crippen LogP contribution < -0.4 is 0 Å². The zero-order valence-corrected chi connectivity index (χ0v) is 15.4. The molecule has 1 aliphatic heterocycles. The lowest BCUT2D eigenvalue weighted by Crippen LogP contribution is -2.52. The van der Waals surface area contributed by atoms with Crippen LogP contribution in [0, 0.1) is 28.6 Å². The van der Waals surface area contributed by atoms with Crippen molar-refractivity contribution in [2.75, 3.05) is 0 Å². The second kappa shape index (κ2) is 4.30. The summed E-state index contributed by atoms with van der Waals surface area (Å²) in [4.78, 5) is 0. The van der Waals surface area contributed by atoms with Crippen molar-refractivity contribution in [3.8, 4) is 0 Å². The zero-order valence-electron chi connectivity index (χ0n) is 15.4. The molecule has 1 saturated heterocycles. The highest BCUT2D eigenvalue weighted by atomic mass is 16.8. The van der Waals surface area contributed by atoms with Gasteiger partial charge in [-0.15, -0.1) is 0 Å². The summed E-state index contributed by atoms with van der Waals surface area (Å²) in [6, 6.07) is 0. The van der Waals surface area contributed by atoms with Crippen LogP contribution in [0.3, 0.4) is 0 Å². The Balaban J connectivity index is 1.75. The summed E-state index contributed by atoms with van der Waals surface area (Å²) in [5, 5.41) is 0. The number of rotatable bonds is 2. The van der Waals surface area contributed by atoms with Gasteiger partial charge in [-0.2, -0.15) is 0 Å². The van der Waals surface area contributed by atoms with Crippen LogP contribution in [0.2, 0.25) is 0 Å². The van der Waals surface area contributed by atoms with Crippen molar-refractivity contribution in [2.45, 2.75) is 97.6 Å². The van der Waals surface area contributed by atoms with Crippen molar-refractivity contribution in [3.05, 3.63) is 0 Å². The van der Waals surface area contributed by atoms with E-state index in [1.165, 1.54) is 25.7 Å². The molecule has 7 atom stereocenters. The maximum absolute atomic E-state index is 6.72. The van der Waals surface area contributed by atoms with Crippen molar-refractivity contribution in [2.24, 2.45) is 28.6 Å². The van der Waals surface area contributed by atoms with Gasteiger partial charge in [0.2, 0.25) is 0 Å². The second-order valence-corrected chi connectivity index (χ2v) is 9.82. The van der Waals surface area contributed by atoms with Crippen LogP contribution in [0.15, 0.2) is 0 Å². The molecule has 4 aliphatic rings. The molecular weight excluding hydrogens is 272 g/mol. The molecule has 1 spiro atoms. The van der Waals surface area contributed by atoms with Gasteiger partial charge in [0.25, 0.3) is 0 Å². The fourth-order valence-electron chi connectivity index (χ4n) is 7.47. The third kappa shape index (κ3) is 1.64. The van der Waals surface area contributed by atoms with Gasteiger partial charge in [-0.3, -0.25) is 0 Å². The molecule has 0 amide bonds. The maximum Gasteiger partial charge on any atom is 0.166 e. The molecular formula is C20H34O2. The van der Waals surface area contributed by atoms with Crippen LogP contribution in [-0.2, 0) is 9.47 Å². The molecule has 4 fully saturated rings. The van der Waals surface area contributed by atoms with E-state index in [1.807, 2.05) is 0 Å². The molecule has 0 aromatic heterocycles. The topological polar surface area (TPSA) is 18.5 Å². The number of fused-ring (bicyclic) bond motifs is 3. The standard InChI is InChI=1S/C20H34O2/c1-7-10-18(5)21-16-12-20-11-15(19(16,6)22-18)17(3,4)14(20)9-8-13(20)2/h13-16H,7-12H2,1-6H3/t13-,14+,15-,16+,18+,19-,20-/m1/s1. The molecule has 2 bridgehead atoms. The normalized spacial score (nSPS) is 58.6. The van der Waals surface area contributed by atoms with Crippen LogP contribution in [0.1, 0.15) is 80.1 Å². The summed E-state index contributed by atoms with van der Waals surface area (Å²) >= 11 is 0. The first-order chi connectivity index (χ1) is 10.2. The van der Waals surface area contributed by atoms with E-state index in [1.54, 1.807) is 0 Å². The molecule has 126 valence electrons. The Kier molecular flexibility index (Phi) is 3.02. The third-order valence-electron chi connectivity index (χ3n) is 8.37. The summed E-state index contributed by atoms with van der Waals surface area (Å²) in [5.41, 5.74) is 0.830. The van der Waals surface area contributed by atoms with Crippen LogP contribution in [0.25, 0.3) is 0 Å². The van der Waals surface area contributed by atoms with Crippen molar-refractivity contribution in [3.63, 3.8) is 0 Å². The van der Waals surface area contributed by atoms with Crippen LogP contribution in [0.4, 0.5) is 0 Å². The minimum absolute atomic E-state index is 0.0806. The second-order valence-electron chi connectivity index (χ2n) is 9.82. The van der Waals surface area contributed by atoms with E-state index in [9.17, 15) is 0 Å². The monoisotopic (exact) mass is 306 g/mol. The van der Waals surface area contributed by atoms with Gasteiger partial charge < -0.3 is 9.47 Å². The lowest BCUT2D eigenvalue weighted by molar-refractivity contribution is -0.193. The average molecular weight is 306 g/mol. The van der Waals surface area contributed by atoms with Gasteiger partial charge in [0.1, 0.15) is 0 Å². The molecule has 0 aromatic rings. The average Bonchev–Trinajstić information content (AvgIpc) is 2.92. The lowest BCUT2D eigenvalue weighted by atomic mass is 9.63. The predicted molar refractivity (Wildman–Crippen MR) is 88.5 cm³/mol. The van der Waals surface area contributed by atoms with E-state index in [4.69, 9.17) is 9.47 Å². The van der Waals surface area contributed by atoms with E-state index < -0.39 is 0 Å². The summed E-state index contributed by atoms with van der Waals surface area (Å²) < 4.78 is 13.3. The van der Waals surface area contributed by atoms with Gasteiger partial charge in [-0.05, 0) is 68.1 Å². The smallest absolute Gasteiger partial charge is 0.166 e. The Labute approximate surface area is 136 Å². The summed E-state index contributed by atoms with van der Waals surface area (Å²) in [7, 11) is 0. The Morgan fingerprint density at radius 3 is 2.41 bits per heavy atom. The van der Waals surface area contributed by atoms with Gasteiger partial charge in [0, 0.05) is 6.42 Å². The molecule has 3 aliphatic carbocycles. The van der Waals surface area contributed by atoms with Gasteiger partial charge in [-0.25, -0.2) is 0 Å². The van der Waals surface area contributed by atoms with E-state index in [0.717, 1.165) is 24.7 Å². The SMILES string of the molecule is CCC[C@@]1(C)O[C@H]2C[C@@]34C[C@H](C(C)(C)[C@@H]3CC[C@H]4C)[C@@]2(C)O1. The minimum Gasteiger partial charge on any atom is -0.344 e. The summed E-state index contributed by atoms with van der Waals surface area (Å²) in [6.07, 6.45) is 7.86. The quantitative estimate of drug-likeness (QED) is 0.701. The molecule has 0 unspecified atom stereocenters. The molecule has 2 nitrogen and oxygen atoms in total. The Morgan fingerprint density at radius 2 is 1.73 bits per heavy atom. The van der Waals surface area contributed by atoms with Crippen molar-refractivity contribution in [1.82, 2.24) is 0 Å². The van der Waals surface area contributed by atoms with Crippen LogP contribution in [0.5, 0.6) is 0 Å². The summed E-state index contributed by atoms with van der Waals surface area (Å²) in [6.45, 7) is 14.3. The highest BCUT2D eigenvalue weighted by Crippen LogP contribution is 2.75. The molecule has 22 heavy (non-hydrogen) atoms. The molecule has 0 N–H and O–H groups in total. The van der Waals surface area contributed by atoms with Crippen molar-refractivity contribution < 1.29 is 9.47 Å². The molecule has 0 radical (unpaired) electrons.